The van der Waals surface area contributed by atoms with Gasteiger partial charge in [0.25, 0.3) is 0 Å². The van der Waals surface area contributed by atoms with Gasteiger partial charge in [-0.1, -0.05) is 42.0 Å². The molecule has 2 aromatic carbocycles. The topological polar surface area (TPSA) is 43.4 Å². The molecule has 0 fully saturated rings. The molecule has 0 N–H and O–H groups in total. The van der Waals surface area contributed by atoms with Gasteiger partial charge >= 0.3 is 15.6 Å². The summed E-state index contributed by atoms with van der Waals surface area (Å²) in [7, 11) is -5.65. The van der Waals surface area contributed by atoms with Crippen LogP contribution in [0.3, 0.4) is 0 Å². The summed E-state index contributed by atoms with van der Waals surface area (Å²) >= 11 is 0. The third kappa shape index (κ3) is 4.25. The zero-order chi connectivity index (χ0) is 17.3. The lowest BCUT2D eigenvalue weighted by molar-refractivity contribution is -0.0500. The Labute approximate surface area is 132 Å². The molecule has 2 aromatic rings. The predicted octanol–water partition coefficient (Wildman–Crippen LogP) is 4.12. The van der Waals surface area contributed by atoms with Crippen LogP contribution in [0.15, 0.2) is 42.5 Å². The first-order valence-corrected chi connectivity index (χ1v) is 8.15. The van der Waals surface area contributed by atoms with Crippen LogP contribution in [-0.4, -0.2) is 13.9 Å². The Morgan fingerprint density at radius 3 is 2.22 bits per heavy atom. The van der Waals surface area contributed by atoms with Crippen molar-refractivity contribution in [2.45, 2.75) is 25.8 Å². The maximum Gasteiger partial charge on any atom is 0.534 e. The molecule has 0 aliphatic heterocycles. The quantitative estimate of drug-likeness (QED) is 0.619. The Balaban J connectivity index is 2.22. The van der Waals surface area contributed by atoms with Crippen molar-refractivity contribution in [3.8, 4) is 5.75 Å². The van der Waals surface area contributed by atoms with Crippen LogP contribution in [0.5, 0.6) is 5.75 Å². The summed E-state index contributed by atoms with van der Waals surface area (Å²) in [6, 6.07) is 12.2. The SMILES string of the molecule is Cc1cccc(Cc2ccc(OS(=O)(=O)C(F)(F)F)c(C)c2)c1. The van der Waals surface area contributed by atoms with E-state index < -0.39 is 15.6 Å². The summed E-state index contributed by atoms with van der Waals surface area (Å²) < 4.78 is 63.3. The zero-order valence-corrected chi connectivity index (χ0v) is 13.3. The van der Waals surface area contributed by atoms with E-state index in [0.717, 1.165) is 16.7 Å². The van der Waals surface area contributed by atoms with Crippen LogP contribution in [0.25, 0.3) is 0 Å². The first-order chi connectivity index (χ1) is 10.6. The Morgan fingerprint density at radius 1 is 1.00 bits per heavy atom. The van der Waals surface area contributed by atoms with Gasteiger partial charge in [-0.25, -0.2) is 0 Å². The summed E-state index contributed by atoms with van der Waals surface area (Å²) in [6.45, 7) is 3.47. The second-order valence-corrected chi connectivity index (χ2v) is 6.79. The normalized spacial score (nSPS) is 12.2. The van der Waals surface area contributed by atoms with Gasteiger partial charge in [-0.3, -0.25) is 0 Å². The molecular formula is C16H15F3O3S. The molecule has 0 heterocycles. The molecule has 0 unspecified atom stereocenters. The molecule has 0 bridgehead atoms. The average molecular weight is 344 g/mol. The molecule has 0 aliphatic rings. The fourth-order valence-corrected chi connectivity index (χ4v) is 2.66. The lowest BCUT2D eigenvalue weighted by atomic mass is 10.0. The van der Waals surface area contributed by atoms with Crippen LogP contribution in [0, 0.1) is 13.8 Å². The number of hydrogen-bond acceptors (Lipinski definition) is 3. The minimum absolute atomic E-state index is 0.322. The Kier molecular flexibility index (Phi) is 4.70. The number of aryl methyl sites for hydroxylation is 2. The van der Waals surface area contributed by atoms with Crippen molar-refractivity contribution >= 4 is 10.1 Å². The van der Waals surface area contributed by atoms with Crippen molar-refractivity contribution in [3.05, 3.63) is 64.7 Å². The van der Waals surface area contributed by atoms with Gasteiger partial charge in [-0.2, -0.15) is 21.6 Å². The summed E-state index contributed by atoms with van der Waals surface area (Å²) in [5, 5.41) is 0. The van der Waals surface area contributed by atoms with Gasteiger partial charge in [0.1, 0.15) is 5.75 Å². The molecule has 0 saturated heterocycles. The second-order valence-electron chi connectivity index (χ2n) is 5.25. The highest BCUT2D eigenvalue weighted by molar-refractivity contribution is 7.88. The number of rotatable bonds is 4. The summed E-state index contributed by atoms with van der Waals surface area (Å²) in [6.07, 6.45) is 0.592. The standard InChI is InChI=1S/C16H15F3O3S/c1-11-4-3-5-13(8-11)10-14-6-7-15(12(2)9-14)22-23(20,21)16(17,18)19/h3-9H,10H2,1-2H3. The highest BCUT2D eigenvalue weighted by atomic mass is 32.2. The van der Waals surface area contributed by atoms with Gasteiger partial charge in [0, 0.05) is 0 Å². The van der Waals surface area contributed by atoms with E-state index in [1.165, 1.54) is 13.0 Å². The molecule has 2 rings (SSSR count). The maximum atomic E-state index is 12.3. The number of hydrogen-bond donors (Lipinski definition) is 0. The number of halogens is 3. The molecule has 3 nitrogen and oxygen atoms in total. The van der Waals surface area contributed by atoms with Crippen molar-refractivity contribution in [2.75, 3.05) is 0 Å². The van der Waals surface area contributed by atoms with Crippen molar-refractivity contribution < 1.29 is 25.8 Å². The predicted molar refractivity (Wildman–Crippen MR) is 80.8 cm³/mol. The minimum Gasteiger partial charge on any atom is -0.376 e. The van der Waals surface area contributed by atoms with Gasteiger partial charge in [0.15, 0.2) is 0 Å². The van der Waals surface area contributed by atoms with Crippen LogP contribution in [0.1, 0.15) is 22.3 Å². The summed E-state index contributed by atoms with van der Waals surface area (Å²) in [4.78, 5) is 0. The molecule has 0 aromatic heterocycles. The van der Waals surface area contributed by atoms with E-state index in [1.54, 1.807) is 12.1 Å². The zero-order valence-electron chi connectivity index (χ0n) is 12.5. The third-order valence-electron chi connectivity index (χ3n) is 3.21. The monoisotopic (exact) mass is 344 g/mol. The van der Waals surface area contributed by atoms with Gasteiger partial charge < -0.3 is 4.18 Å². The van der Waals surface area contributed by atoms with Gasteiger partial charge in [0.05, 0.1) is 0 Å². The van der Waals surface area contributed by atoms with Crippen molar-refractivity contribution in [1.82, 2.24) is 0 Å². The Hall–Kier alpha value is -2.02. The molecule has 7 heteroatoms. The molecular weight excluding hydrogens is 329 g/mol. The van der Waals surface area contributed by atoms with Gasteiger partial charge in [-0.15, -0.1) is 0 Å². The van der Waals surface area contributed by atoms with Crippen molar-refractivity contribution in [2.24, 2.45) is 0 Å². The fourth-order valence-electron chi connectivity index (χ4n) is 2.14. The van der Waals surface area contributed by atoms with Gasteiger partial charge in [-0.05, 0) is 43.0 Å². The van der Waals surface area contributed by atoms with Crippen LogP contribution in [0.2, 0.25) is 0 Å². The fraction of sp³-hybridized carbons (Fsp3) is 0.250. The smallest absolute Gasteiger partial charge is 0.376 e. The molecule has 0 aliphatic carbocycles. The molecule has 0 atom stereocenters. The molecule has 0 spiro atoms. The summed E-state index contributed by atoms with van der Waals surface area (Å²) in [5.74, 6) is -0.324. The first-order valence-electron chi connectivity index (χ1n) is 6.74. The number of alkyl halides is 3. The molecule has 0 saturated carbocycles. The largest absolute Gasteiger partial charge is 0.534 e. The Bertz CT molecular complexity index is 812. The van der Waals surface area contributed by atoms with Gasteiger partial charge in [0.2, 0.25) is 0 Å². The van der Waals surface area contributed by atoms with E-state index in [4.69, 9.17) is 0 Å². The van der Waals surface area contributed by atoms with E-state index in [2.05, 4.69) is 4.18 Å². The third-order valence-corrected chi connectivity index (χ3v) is 4.18. The van der Waals surface area contributed by atoms with Crippen LogP contribution >= 0.6 is 0 Å². The molecule has 0 amide bonds. The van der Waals surface area contributed by atoms with E-state index in [9.17, 15) is 21.6 Å². The molecule has 23 heavy (non-hydrogen) atoms. The first kappa shape index (κ1) is 17.3. The lowest BCUT2D eigenvalue weighted by Gasteiger charge is -2.12. The van der Waals surface area contributed by atoms with E-state index in [-0.39, 0.29) is 5.75 Å². The van der Waals surface area contributed by atoms with Crippen molar-refractivity contribution in [1.29, 1.82) is 0 Å². The van der Waals surface area contributed by atoms with Crippen LogP contribution in [-0.2, 0) is 16.5 Å². The highest BCUT2D eigenvalue weighted by Crippen LogP contribution is 2.29. The highest BCUT2D eigenvalue weighted by Gasteiger charge is 2.48. The van der Waals surface area contributed by atoms with E-state index in [1.807, 2.05) is 31.2 Å². The maximum absolute atomic E-state index is 12.3. The van der Waals surface area contributed by atoms with Crippen LogP contribution < -0.4 is 4.18 Å². The van der Waals surface area contributed by atoms with E-state index in [0.29, 0.717) is 12.0 Å². The molecule has 0 radical (unpaired) electrons. The minimum atomic E-state index is -5.65. The molecule has 124 valence electrons. The van der Waals surface area contributed by atoms with Crippen molar-refractivity contribution in [3.63, 3.8) is 0 Å². The Morgan fingerprint density at radius 2 is 1.65 bits per heavy atom. The van der Waals surface area contributed by atoms with E-state index >= 15 is 0 Å². The number of benzene rings is 2. The second kappa shape index (κ2) is 6.23. The van der Waals surface area contributed by atoms with Crippen LogP contribution in [0.4, 0.5) is 13.2 Å². The summed E-state index contributed by atoms with van der Waals surface area (Å²) in [5.41, 5.74) is -2.11. The lowest BCUT2D eigenvalue weighted by Crippen LogP contribution is -2.28. The average Bonchev–Trinajstić information content (AvgIpc) is 2.40.